The van der Waals surface area contributed by atoms with Gasteiger partial charge in [0.2, 0.25) is 5.91 Å². The van der Waals surface area contributed by atoms with Gasteiger partial charge in [0.05, 0.1) is 0 Å². The summed E-state index contributed by atoms with van der Waals surface area (Å²) in [5.74, 6) is 0.0826. The largest absolute Gasteiger partial charge is 0.341 e. The van der Waals surface area contributed by atoms with E-state index in [0.717, 1.165) is 6.42 Å². The van der Waals surface area contributed by atoms with Gasteiger partial charge in [-0.05, 0) is 49.1 Å². The summed E-state index contributed by atoms with van der Waals surface area (Å²) in [7, 11) is 0. The second-order valence-corrected chi connectivity index (χ2v) is 6.35. The summed E-state index contributed by atoms with van der Waals surface area (Å²) in [6.07, 6.45) is 0.984. The summed E-state index contributed by atoms with van der Waals surface area (Å²) >= 11 is 0. The highest BCUT2D eigenvalue weighted by atomic mass is 16.2. The highest BCUT2D eigenvalue weighted by molar-refractivity contribution is 6.00. The minimum Gasteiger partial charge on any atom is -0.341 e. The maximum absolute atomic E-state index is 12.3. The first-order valence-electron chi connectivity index (χ1n) is 8.21. The Morgan fingerprint density at radius 2 is 1.54 bits per heavy atom. The topological polar surface area (TPSA) is 58.2 Å². The molecular weight excluding hydrogens is 300 g/mol. The van der Waals surface area contributed by atoms with Gasteiger partial charge in [-0.1, -0.05) is 44.2 Å². The van der Waals surface area contributed by atoms with Crippen LogP contribution in [0.4, 0.5) is 5.69 Å². The van der Waals surface area contributed by atoms with Crippen LogP contribution in [-0.2, 0) is 11.2 Å². The summed E-state index contributed by atoms with van der Waals surface area (Å²) in [6, 6.07) is 16.1. The first-order valence-corrected chi connectivity index (χ1v) is 8.21. The van der Waals surface area contributed by atoms with Gasteiger partial charge in [0.1, 0.15) is 6.04 Å². The summed E-state index contributed by atoms with van der Waals surface area (Å²) in [5, 5.41) is 5.50. The van der Waals surface area contributed by atoms with Crippen LogP contribution in [0.1, 0.15) is 36.7 Å². The van der Waals surface area contributed by atoms with E-state index >= 15 is 0 Å². The van der Waals surface area contributed by atoms with Crippen LogP contribution in [0.15, 0.2) is 54.6 Å². The maximum atomic E-state index is 12.3. The highest BCUT2D eigenvalue weighted by Crippen LogP contribution is 2.10. The van der Waals surface area contributed by atoms with Crippen molar-refractivity contribution in [2.45, 2.75) is 33.2 Å². The molecule has 0 bridgehead atoms. The van der Waals surface area contributed by atoms with Crippen LogP contribution in [-0.4, -0.2) is 17.9 Å². The third-order valence-electron chi connectivity index (χ3n) is 3.64. The van der Waals surface area contributed by atoms with Gasteiger partial charge in [-0.25, -0.2) is 0 Å². The van der Waals surface area contributed by atoms with E-state index in [0.29, 0.717) is 17.2 Å². The van der Waals surface area contributed by atoms with Crippen molar-refractivity contribution < 1.29 is 9.59 Å². The van der Waals surface area contributed by atoms with Crippen molar-refractivity contribution in [1.29, 1.82) is 0 Å². The van der Waals surface area contributed by atoms with Gasteiger partial charge in [-0.2, -0.15) is 0 Å². The van der Waals surface area contributed by atoms with Crippen LogP contribution in [0.25, 0.3) is 0 Å². The maximum Gasteiger partial charge on any atom is 0.251 e. The zero-order valence-electron chi connectivity index (χ0n) is 14.4. The number of nitrogens with one attached hydrogen (secondary N) is 2. The monoisotopic (exact) mass is 324 g/mol. The predicted molar refractivity (Wildman–Crippen MR) is 97.0 cm³/mol. The Morgan fingerprint density at radius 3 is 2.12 bits per heavy atom. The molecule has 0 heterocycles. The molecule has 0 aliphatic heterocycles. The van der Waals surface area contributed by atoms with Crippen LogP contribution in [0.5, 0.6) is 0 Å². The average molecular weight is 324 g/mol. The number of rotatable bonds is 6. The lowest BCUT2D eigenvalue weighted by molar-refractivity contribution is -0.117. The Balaban J connectivity index is 1.92. The minimum absolute atomic E-state index is 0.244. The van der Waals surface area contributed by atoms with E-state index in [-0.39, 0.29) is 11.8 Å². The van der Waals surface area contributed by atoms with E-state index in [1.54, 1.807) is 31.2 Å². The van der Waals surface area contributed by atoms with E-state index in [1.807, 2.05) is 30.3 Å². The van der Waals surface area contributed by atoms with E-state index in [1.165, 1.54) is 5.56 Å². The van der Waals surface area contributed by atoms with Gasteiger partial charge < -0.3 is 10.6 Å². The van der Waals surface area contributed by atoms with Crippen molar-refractivity contribution in [2.75, 3.05) is 5.32 Å². The molecule has 126 valence electrons. The van der Waals surface area contributed by atoms with Gasteiger partial charge in [-0.15, -0.1) is 0 Å². The van der Waals surface area contributed by atoms with Gasteiger partial charge in [0.15, 0.2) is 0 Å². The van der Waals surface area contributed by atoms with E-state index in [2.05, 4.69) is 24.5 Å². The molecule has 0 aliphatic carbocycles. The number of para-hydroxylation sites is 1. The molecule has 2 N–H and O–H groups in total. The summed E-state index contributed by atoms with van der Waals surface area (Å²) < 4.78 is 0. The Morgan fingerprint density at radius 1 is 0.917 bits per heavy atom. The second-order valence-electron chi connectivity index (χ2n) is 6.35. The second kappa shape index (κ2) is 8.29. The lowest BCUT2D eigenvalue weighted by Crippen LogP contribution is -2.41. The van der Waals surface area contributed by atoms with Crippen LogP contribution < -0.4 is 10.6 Å². The van der Waals surface area contributed by atoms with Crippen LogP contribution >= 0.6 is 0 Å². The van der Waals surface area contributed by atoms with Gasteiger partial charge in [0.25, 0.3) is 5.91 Å². The number of hydrogen-bond donors (Lipinski definition) is 2. The molecule has 24 heavy (non-hydrogen) atoms. The lowest BCUT2D eigenvalue weighted by Gasteiger charge is -2.14. The lowest BCUT2D eigenvalue weighted by atomic mass is 10.0. The standard InChI is InChI=1S/C20H24N2O2/c1-14(2)13-16-9-11-17(12-10-16)20(24)21-15(3)19(23)22-18-7-5-4-6-8-18/h4-12,14-15H,13H2,1-3H3,(H,21,24)(H,22,23). The highest BCUT2D eigenvalue weighted by Gasteiger charge is 2.16. The number of carbonyl (C=O) groups is 2. The molecule has 4 heteroatoms. The molecule has 0 aromatic heterocycles. The molecule has 0 spiro atoms. The Bertz CT molecular complexity index is 679. The average Bonchev–Trinajstić information content (AvgIpc) is 2.55. The van der Waals surface area contributed by atoms with Crippen molar-refractivity contribution in [1.82, 2.24) is 5.32 Å². The SMILES string of the molecule is CC(C)Cc1ccc(C(=O)NC(C)C(=O)Nc2ccccc2)cc1. The Hall–Kier alpha value is -2.62. The molecular formula is C20H24N2O2. The Kier molecular flexibility index (Phi) is 6.13. The molecule has 0 saturated heterocycles. The molecule has 1 unspecified atom stereocenters. The molecule has 2 aromatic carbocycles. The molecule has 2 rings (SSSR count). The number of carbonyl (C=O) groups excluding carboxylic acids is 2. The first-order chi connectivity index (χ1) is 11.5. The van der Waals surface area contributed by atoms with E-state index in [9.17, 15) is 9.59 Å². The summed E-state index contributed by atoms with van der Waals surface area (Å²) in [5.41, 5.74) is 2.47. The van der Waals surface area contributed by atoms with Crippen molar-refractivity contribution >= 4 is 17.5 Å². The molecule has 2 aromatic rings. The number of benzene rings is 2. The van der Waals surface area contributed by atoms with E-state index < -0.39 is 6.04 Å². The van der Waals surface area contributed by atoms with Crippen molar-refractivity contribution in [2.24, 2.45) is 5.92 Å². The molecule has 0 aliphatic rings. The fourth-order valence-electron chi connectivity index (χ4n) is 2.38. The van der Waals surface area contributed by atoms with Crippen LogP contribution in [0, 0.1) is 5.92 Å². The van der Waals surface area contributed by atoms with Gasteiger partial charge in [-0.3, -0.25) is 9.59 Å². The van der Waals surface area contributed by atoms with Crippen LogP contribution in [0.2, 0.25) is 0 Å². The third-order valence-corrected chi connectivity index (χ3v) is 3.64. The minimum atomic E-state index is -0.618. The zero-order chi connectivity index (χ0) is 17.5. The van der Waals surface area contributed by atoms with Crippen molar-refractivity contribution in [3.8, 4) is 0 Å². The van der Waals surface area contributed by atoms with E-state index in [4.69, 9.17) is 0 Å². The van der Waals surface area contributed by atoms with Gasteiger partial charge >= 0.3 is 0 Å². The summed E-state index contributed by atoms with van der Waals surface area (Å²) in [4.78, 5) is 24.4. The fourth-order valence-corrected chi connectivity index (χ4v) is 2.38. The Labute approximate surface area is 143 Å². The summed E-state index contributed by atoms with van der Waals surface area (Å²) in [6.45, 7) is 5.99. The molecule has 0 fully saturated rings. The molecule has 0 radical (unpaired) electrons. The van der Waals surface area contributed by atoms with Gasteiger partial charge in [0, 0.05) is 11.3 Å². The third kappa shape index (κ3) is 5.23. The number of amides is 2. The van der Waals surface area contributed by atoms with Crippen molar-refractivity contribution in [3.05, 3.63) is 65.7 Å². The quantitative estimate of drug-likeness (QED) is 0.852. The normalized spacial score (nSPS) is 11.8. The molecule has 0 saturated carbocycles. The van der Waals surface area contributed by atoms with Crippen molar-refractivity contribution in [3.63, 3.8) is 0 Å². The molecule has 2 amide bonds. The molecule has 4 nitrogen and oxygen atoms in total. The molecule has 1 atom stereocenters. The number of hydrogen-bond acceptors (Lipinski definition) is 2. The van der Waals surface area contributed by atoms with Crippen LogP contribution in [0.3, 0.4) is 0 Å². The predicted octanol–water partition coefficient (Wildman–Crippen LogP) is 3.64. The zero-order valence-corrected chi connectivity index (χ0v) is 14.4. The number of anilines is 1. The smallest absolute Gasteiger partial charge is 0.251 e. The fraction of sp³-hybridized carbons (Fsp3) is 0.300. The first kappa shape index (κ1) is 17.7.